The minimum absolute atomic E-state index is 0.0866. The third-order valence-corrected chi connectivity index (χ3v) is 3.30. The number of amides is 2. The third kappa shape index (κ3) is 5.06. The van der Waals surface area contributed by atoms with E-state index >= 15 is 0 Å². The van der Waals surface area contributed by atoms with E-state index in [0.717, 1.165) is 19.3 Å². The van der Waals surface area contributed by atoms with Gasteiger partial charge in [-0.1, -0.05) is 13.3 Å². The summed E-state index contributed by atoms with van der Waals surface area (Å²) in [6.45, 7) is 5.42. The first-order chi connectivity index (χ1) is 9.08. The summed E-state index contributed by atoms with van der Waals surface area (Å²) in [5.41, 5.74) is 5.76. The number of piperidine rings is 1. The van der Waals surface area contributed by atoms with Crippen LogP contribution in [0.3, 0.4) is 0 Å². The predicted molar refractivity (Wildman–Crippen MR) is 72.6 cm³/mol. The van der Waals surface area contributed by atoms with Gasteiger partial charge in [-0.05, 0) is 26.2 Å². The largest absolute Gasteiger partial charge is 0.450 e. The Labute approximate surface area is 114 Å². The summed E-state index contributed by atoms with van der Waals surface area (Å²) in [6.07, 6.45) is 2.84. The van der Waals surface area contributed by atoms with Gasteiger partial charge in [0.05, 0.1) is 12.6 Å². The Hall–Kier alpha value is -1.30. The summed E-state index contributed by atoms with van der Waals surface area (Å²) in [7, 11) is 0. The molecule has 0 spiro atoms. The standard InChI is InChI=1S/C13H25N3O3/c1-3-5-11(14)12(17)15-10-6-8-16(9-7-10)13(18)19-4-2/h10-11H,3-9,14H2,1-2H3,(H,15,17). The van der Waals surface area contributed by atoms with E-state index in [2.05, 4.69) is 5.32 Å². The lowest BCUT2D eigenvalue weighted by atomic mass is 10.0. The van der Waals surface area contributed by atoms with Crippen molar-refractivity contribution in [2.75, 3.05) is 19.7 Å². The molecule has 1 rings (SSSR count). The number of hydrogen-bond donors (Lipinski definition) is 2. The van der Waals surface area contributed by atoms with Crippen molar-refractivity contribution in [1.29, 1.82) is 0 Å². The number of nitrogens with two attached hydrogens (primary N) is 1. The maximum Gasteiger partial charge on any atom is 0.409 e. The maximum absolute atomic E-state index is 11.8. The lowest BCUT2D eigenvalue weighted by molar-refractivity contribution is -0.123. The Morgan fingerprint density at radius 3 is 2.53 bits per heavy atom. The van der Waals surface area contributed by atoms with E-state index < -0.39 is 6.04 Å². The molecule has 6 nitrogen and oxygen atoms in total. The number of nitrogens with one attached hydrogen (secondary N) is 1. The zero-order valence-corrected chi connectivity index (χ0v) is 11.9. The number of nitrogens with zero attached hydrogens (tertiary/aromatic N) is 1. The molecule has 1 aliphatic heterocycles. The fourth-order valence-electron chi connectivity index (χ4n) is 2.17. The number of likely N-dealkylation sites (tertiary alicyclic amines) is 1. The molecule has 1 unspecified atom stereocenters. The first-order valence-electron chi connectivity index (χ1n) is 7.06. The zero-order valence-electron chi connectivity index (χ0n) is 11.9. The highest BCUT2D eigenvalue weighted by molar-refractivity contribution is 5.81. The van der Waals surface area contributed by atoms with E-state index in [0.29, 0.717) is 26.1 Å². The first kappa shape index (κ1) is 15.8. The van der Waals surface area contributed by atoms with Gasteiger partial charge in [-0.3, -0.25) is 4.79 Å². The van der Waals surface area contributed by atoms with Crippen molar-refractivity contribution in [3.05, 3.63) is 0 Å². The van der Waals surface area contributed by atoms with Crippen molar-refractivity contribution in [3.63, 3.8) is 0 Å². The average Bonchev–Trinajstić information content (AvgIpc) is 2.40. The smallest absolute Gasteiger partial charge is 0.409 e. The Bertz CT molecular complexity index is 302. The monoisotopic (exact) mass is 271 g/mol. The van der Waals surface area contributed by atoms with Gasteiger partial charge in [0.1, 0.15) is 0 Å². The molecule has 1 heterocycles. The molecule has 2 amide bonds. The number of hydrogen-bond acceptors (Lipinski definition) is 4. The molecule has 0 aromatic rings. The molecule has 0 radical (unpaired) electrons. The van der Waals surface area contributed by atoms with Crippen LogP contribution in [0.1, 0.15) is 39.5 Å². The number of ether oxygens (including phenoxy) is 1. The lowest BCUT2D eigenvalue weighted by Crippen LogP contribution is -2.50. The summed E-state index contributed by atoms with van der Waals surface area (Å²) in [5.74, 6) is -0.0866. The van der Waals surface area contributed by atoms with Crippen molar-refractivity contribution in [1.82, 2.24) is 10.2 Å². The van der Waals surface area contributed by atoms with Gasteiger partial charge in [-0.25, -0.2) is 4.79 Å². The van der Waals surface area contributed by atoms with Crippen LogP contribution in [0.4, 0.5) is 4.79 Å². The molecule has 1 atom stereocenters. The minimum atomic E-state index is -0.423. The normalized spacial score (nSPS) is 17.9. The molecule has 0 aromatic heterocycles. The second-order valence-corrected chi connectivity index (χ2v) is 4.86. The van der Waals surface area contributed by atoms with Crippen LogP contribution in [-0.2, 0) is 9.53 Å². The molecular weight excluding hydrogens is 246 g/mol. The van der Waals surface area contributed by atoms with Crippen LogP contribution in [0.15, 0.2) is 0 Å². The van der Waals surface area contributed by atoms with Gasteiger partial charge in [-0.15, -0.1) is 0 Å². The lowest BCUT2D eigenvalue weighted by Gasteiger charge is -2.32. The van der Waals surface area contributed by atoms with Crippen LogP contribution in [0.5, 0.6) is 0 Å². The molecule has 110 valence electrons. The Morgan fingerprint density at radius 1 is 1.37 bits per heavy atom. The number of carbonyl (C=O) groups excluding carboxylic acids is 2. The summed E-state index contributed by atoms with van der Waals surface area (Å²) in [5, 5.41) is 2.95. The molecule has 19 heavy (non-hydrogen) atoms. The highest BCUT2D eigenvalue weighted by atomic mass is 16.6. The Kier molecular flexibility index (Phi) is 6.62. The van der Waals surface area contributed by atoms with E-state index in [-0.39, 0.29) is 18.0 Å². The Morgan fingerprint density at radius 2 is 2.00 bits per heavy atom. The summed E-state index contributed by atoms with van der Waals surface area (Å²) >= 11 is 0. The van der Waals surface area contributed by atoms with Gasteiger partial charge >= 0.3 is 6.09 Å². The van der Waals surface area contributed by atoms with E-state index in [1.807, 2.05) is 6.92 Å². The molecule has 1 aliphatic rings. The zero-order chi connectivity index (χ0) is 14.3. The van der Waals surface area contributed by atoms with Crippen molar-refractivity contribution in [3.8, 4) is 0 Å². The van der Waals surface area contributed by atoms with Crippen LogP contribution in [0.25, 0.3) is 0 Å². The second-order valence-electron chi connectivity index (χ2n) is 4.86. The number of carbonyl (C=O) groups is 2. The van der Waals surface area contributed by atoms with Crippen LogP contribution < -0.4 is 11.1 Å². The van der Waals surface area contributed by atoms with E-state index in [9.17, 15) is 9.59 Å². The topological polar surface area (TPSA) is 84.7 Å². The van der Waals surface area contributed by atoms with Crippen LogP contribution in [-0.4, -0.2) is 48.7 Å². The molecule has 6 heteroatoms. The fourth-order valence-corrected chi connectivity index (χ4v) is 2.17. The molecule has 0 saturated carbocycles. The molecule has 3 N–H and O–H groups in total. The van der Waals surface area contributed by atoms with Crippen molar-refractivity contribution in [2.45, 2.75) is 51.6 Å². The predicted octanol–water partition coefficient (Wildman–Crippen LogP) is 0.851. The molecule has 1 saturated heterocycles. The van der Waals surface area contributed by atoms with Crippen molar-refractivity contribution >= 4 is 12.0 Å². The van der Waals surface area contributed by atoms with E-state index in [4.69, 9.17) is 10.5 Å². The van der Waals surface area contributed by atoms with Crippen molar-refractivity contribution in [2.24, 2.45) is 5.73 Å². The van der Waals surface area contributed by atoms with Crippen LogP contribution in [0, 0.1) is 0 Å². The highest BCUT2D eigenvalue weighted by Crippen LogP contribution is 2.11. The quantitative estimate of drug-likeness (QED) is 0.776. The summed E-state index contributed by atoms with van der Waals surface area (Å²) < 4.78 is 4.95. The van der Waals surface area contributed by atoms with Crippen molar-refractivity contribution < 1.29 is 14.3 Å². The fraction of sp³-hybridized carbons (Fsp3) is 0.846. The Balaban J connectivity index is 2.30. The second kappa shape index (κ2) is 7.99. The van der Waals surface area contributed by atoms with Gasteiger partial charge in [-0.2, -0.15) is 0 Å². The van der Waals surface area contributed by atoms with E-state index in [1.54, 1.807) is 11.8 Å². The molecule has 0 aromatic carbocycles. The van der Waals surface area contributed by atoms with E-state index in [1.165, 1.54) is 0 Å². The SMILES string of the molecule is CCCC(N)C(=O)NC1CCN(C(=O)OCC)CC1. The minimum Gasteiger partial charge on any atom is -0.450 e. The van der Waals surface area contributed by atoms with Gasteiger partial charge in [0, 0.05) is 19.1 Å². The highest BCUT2D eigenvalue weighted by Gasteiger charge is 2.25. The molecule has 0 bridgehead atoms. The van der Waals surface area contributed by atoms with Gasteiger partial charge in [0.25, 0.3) is 0 Å². The van der Waals surface area contributed by atoms with Gasteiger partial charge in [0.15, 0.2) is 0 Å². The number of rotatable bonds is 5. The third-order valence-electron chi connectivity index (χ3n) is 3.30. The first-order valence-corrected chi connectivity index (χ1v) is 7.06. The van der Waals surface area contributed by atoms with Gasteiger partial charge in [0.2, 0.25) is 5.91 Å². The summed E-state index contributed by atoms with van der Waals surface area (Å²) in [4.78, 5) is 25.0. The van der Waals surface area contributed by atoms with Crippen LogP contribution in [0.2, 0.25) is 0 Å². The summed E-state index contributed by atoms with van der Waals surface area (Å²) in [6, 6.07) is -0.311. The molecule has 0 aliphatic carbocycles. The molecule has 1 fully saturated rings. The maximum atomic E-state index is 11.8. The average molecular weight is 271 g/mol. The van der Waals surface area contributed by atoms with Gasteiger partial charge < -0.3 is 20.7 Å². The van der Waals surface area contributed by atoms with Crippen LogP contribution >= 0.6 is 0 Å². The molecular formula is C13H25N3O3.